The molecule has 1 aliphatic rings. The molecule has 3 heterocycles. The van der Waals surface area contributed by atoms with E-state index in [0.717, 1.165) is 49.5 Å². The van der Waals surface area contributed by atoms with Crippen molar-refractivity contribution in [3.8, 4) is 11.3 Å². The number of imidazole rings is 1. The lowest BCUT2D eigenvalue weighted by Gasteiger charge is -2.14. The Morgan fingerprint density at radius 3 is 2.76 bits per heavy atom. The Morgan fingerprint density at radius 2 is 2.00 bits per heavy atom. The van der Waals surface area contributed by atoms with Gasteiger partial charge in [0.1, 0.15) is 11.6 Å². The van der Waals surface area contributed by atoms with Crippen molar-refractivity contribution in [1.29, 1.82) is 0 Å². The van der Waals surface area contributed by atoms with Gasteiger partial charge in [0.25, 0.3) is 0 Å². The maximum atomic E-state index is 6.17. The minimum Gasteiger partial charge on any atom is -0.464 e. The first-order valence-electron chi connectivity index (χ1n) is 11.6. The number of aryl methyl sites for hydroxylation is 3. The Bertz CT molecular complexity index is 1280. The van der Waals surface area contributed by atoms with Crippen LogP contribution in [-0.2, 0) is 25.8 Å². The van der Waals surface area contributed by atoms with Crippen molar-refractivity contribution in [2.75, 3.05) is 12.3 Å². The maximum absolute atomic E-state index is 6.17. The van der Waals surface area contributed by atoms with Crippen molar-refractivity contribution in [3.05, 3.63) is 58.3 Å². The lowest BCUT2D eigenvalue weighted by atomic mass is 9.96. The molecule has 0 aliphatic heterocycles. The third-order valence-electron chi connectivity index (χ3n) is 6.24. The van der Waals surface area contributed by atoms with Crippen LogP contribution in [0.4, 0.5) is 5.82 Å². The number of furan rings is 1. The van der Waals surface area contributed by atoms with Gasteiger partial charge in [-0.05, 0) is 78.7 Å². The Kier molecular flexibility index (Phi) is 6.08. The number of hydrogen-bond acceptors (Lipinski definition) is 6. The number of rotatable bonds is 8. The van der Waals surface area contributed by atoms with Crippen LogP contribution in [0, 0.1) is 0 Å². The average molecular weight is 465 g/mol. The van der Waals surface area contributed by atoms with Crippen LogP contribution < -0.4 is 11.1 Å². The molecule has 33 heavy (non-hydrogen) atoms. The number of hydrogen-bond donors (Lipinski definition) is 2. The van der Waals surface area contributed by atoms with E-state index in [2.05, 4.69) is 45.8 Å². The van der Waals surface area contributed by atoms with E-state index in [-0.39, 0.29) is 5.28 Å². The fraction of sp³-hybridized carbons (Fsp3) is 0.400. The van der Waals surface area contributed by atoms with Crippen LogP contribution in [0.3, 0.4) is 0 Å². The van der Waals surface area contributed by atoms with E-state index in [0.29, 0.717) is 29.4 Å². The number of benzene rings is 1. The minimum atomic E-state index is 0.141. The third-order valence-corrected chi connectivity index (χ3v) is 6.41. The van der Waals surface area contributed by atoms with Crippen LogP contribution >= 0.6 is 11.6 Å². The van der Waals surface area contributed by atoms with E-state index in [9.17, 15) is 0 Å². The summed E-state index contributed by atoms with van der Waals surface area (Å²) in [5, 5.41) is 3.61. The molecule has 0 saturated heterocycles. The number of fused-ring (bicyclic) bond motifs is 2. The number of aromatic nitrogens is 4. The first-order chi connectivity index (χ1) is 16.0. The van der Waals surface area contributed by atoms with Crippen LogP contribution in [0.15, 0.2) is 34.9 Å². The summed E-state index contributed by atoms with van der Waals surface area (Å²) in [4.78, 5) is 13.5. The number of nitrogens with two attached hydrogens (primary N) is 1. The van der Waals surface area contributed by atoms with Crippen molar-refractivity contribution < 1.29 is 4.42 Å². The molecule has 0 spiro atoms. The standard InChI is InChI=1S/C25H29ClN6O/c1-15(2)28-9-5-10-32-21(29-22-23(27)30-25(26)31-24(22)32)14-18-12-16-6-3-7-17(16)13-19(18)20-8-4-11-33-20/h4,8,11-13,15,28H,3,5-7,9-10,14H2,1-2H3,(H2,27,30,31). The second-order valence-electron chi connectivity index (χ2n) is 8.98. The molecular weight excluding hydrogens is 436 g/mol. The van der Waals surface area contributed by atoms with Gasteiger partial charge in [-0.2, -0.15) is 9.97 Å². The molecule has 1 aromatic carbocycles. The molecule has 0 atom stereocenters. The summed E-state index contributed by atoms with van der Waals surface area (Å²) in [7, 11) is 0. The third kappa shape index (κ3) is 4.48. The predicted octanol–water partition coefficient (Wildman–Crippen LogP) is 4.79. The van der Waals surface area contributed by atoms with Gasteiger partial charge in [0.05, 0.1) is 6.26 Å². The number of nitrogen functional groups attached to an aromatic ring is 1. The molecule has 0 fully saturated rings. The quantitative estimate of drug-likeness (QED) is 0.287. The lowest BCUT2D eigenvalue weighted by molar-refractivity contribution is 0.533. The smallest absolute Gasteiger partial charge is 0.226 e. The van der Waals surface area contributed by atoms with Crippen molar-refractivity contribution >= 4 is 28.6 Å². The van der Waals surface area contributed by atoms with Crippen molar-refractivity contribution in [1.82, 2.24) is 24.8 Å². The lowest BCUT2D eigenvalue weighted by Crippen LogP contribution is -2.24. The van der Waals surface area contributed by atoms with Gasteiger partial charge in [-0.15, -0.1) is 0 Å². The predicted molar refractivity (Wildman–Crippen MR) is 131 cm³/mol. The van der Waals surface area contributed by atoms with E-state index in [4.69, 9.17) is 26.7 Å². The Labute approximate surface area is 198 Å². The molecule has 0 bridgehead atoms. The highest BCUT2D eigenvalue weighted by Gasteiger charge is 2.21. The van der Waals surface area contributed by atoms with Crippen molar-refractivity contribution in [3.63, 3.8) is 0 Å². The first-order valence-corrected chi connectivity index (χ1v) is 12.0. The molecule has 1 aliphatic carbocycles. The maximum Gasteiger partial charge on any atom is 0.226 e. The zero-order chi connectivity index (χ0) is 22.9. The fourth-order valence-electron chi connectivity index (χ4n) is 4.69. The molecule has 0 radical (unpaired) electrons. The summed E-state index contributed by atoms with van der Waals surface area (Å²) in [6, 6.07) is 9.01. The molecule has 0 unspecified atom stereocenters. The van der Waals surface area contributed by atoms with E-state index in [1.54, 1.807) is 6.26 Å². The van der Waals surface area contributed by atoms with Gasteiger partial charge in [0.2, 0.25) is 5.28 Å². The number of nitrogens with zero attached hydrogens (tertiary/aromatic N) is 4. The summed E-state index contributed by atoms with van der Waals surface area (Å²) < 4.78 is 7.93. The molecule has 3 N–H and O–H groups in total. The SMILES string of the molecule is CC(C)NCCCn1c(Cc2cc3c(cc2-c2ccco2)CCC3)nc2c(N)nc(Cl)nc21. The van der Waals surface area contributed by atoms with Gasteiger partial charge in [-0.1, -0.05) is 19.9 Å². The summed E-state index contributed by atoms with van der Waals surface area (Å²) in [6.45, 7) is 5.96. The van der Waals surface area contributed by atoms with Gasteiger partial charge in [0.15, 0.2) is 17.0 Å². The Morgan fingerprint density at radius 1 is 1.18 bits per heavy atom. The molecule has 172 valence electrons. The second kappa shape index (κ2) is 9.15. The first kappa shape index (κ1) is 21.9. The molecular formula is C25H29ClN6O. The molecule has 3 aromatic heterocycles. The van der Waals surface area contributed by atoms with Gasteiger partial charge in [-0.25, -0.2) is 4.98 Å². The van der Waals surface area contributed by atoms with Crippen LogP contribution in [0.1, 0.15) is 49.2 Å². The molecule has 5 rings (SSSR count). The highest BCUT2D eigenvalue weighted by molar-refractivity contribution is 6.28. The van der Waals surface area contributed by atoms with Gasteiger partial charge in [0, 0.05) is 24.6 Å². The van der Waals surface area contributed by atoms with Gasteiger partial charge in [-0.3, -0.25) is 0 Å². The molecule has 0 saturated carbocycles. The molecule has 8 heteroatoms. The number of halogens is 1. The second-order valence-corrected chi connectivity index (χ2v) is 9.32. The molecule has 0 amide bonds. The van der Waals surface area contributed by atoms with Crippen molar-refractivity contribution in [2.24, 2.45) is 0 Å². The highest BCUT2D eigenvalue weighted by atomic mass is 35.5. The van der Waals surface area contributed by atoms with Gasteiger partial charge < -0.3 is 20.0 Å². The van der Waals surface area contributed by atoms with Crippen LogP contribution in [0.2, 0.25) is 5.28 Å². The topological polar surface area (TPSA) is 94.8 Å². The fourth-order valence-corrected chi connectivity index (χ4v) is 4.86. The number of nitrogens with one attached hydrogen (secondary N) is 1. The van der Waals surface area contributed by atoms with E-state index in [1.807, 2.05) is 12.1 Å². The van der Waals surface area contributed by atoms with E-state index in [1.165, 1.54) is 23.1 Å². The van der Waals surface area contributed by atoms with Crippen LogP contribution in [-0.4, -0.2) is 32.1 Å². The Hall–Kier alpha value is -2.90. The van der Waals surface area contributed by atoms with Gasteiger partial charge >= 0.3 is 0 Å². The average Bonchev–Trinajstić information content (AvgIpc) is 3.51. The minimum absolute atomic E-state index is 0.141. The molecule has 7 nitrogen and oxygen atoms in total. The van der Waals surface area contributed by atoms with Crippen LogP contribution in [0.25, 0.3) is 22.5 Å². The number of anilines is 1. The van der Waals surface area contributed by atoms with Crippen molar-refractivity contribution in [2.45, 2.75) is 58.5 Å². The summed E-state index contributed by atoms with van der Waals surface area (Å²) in [6.07, 6.45) is 6.74. The van der Waals surface area contributed by atoms with Crippen LogP contribution in [0.5, 0.6) is 0 Å². The zero-order valence-corrected chi connectivity index (χ0v) is 19.8. The highest BCUT2D eigenvalue weighted by Crippen LogP contribution is 2.34. The van der Waals surface area contributed by atoms with E-state index >= 15 is 0 Å². The molecule has 4 aromatic rings. The normalized spacial score (nSPS) is 13.3. The zero-order valence-electron chi connectivity index (χ0n) is 19.1. The Balaban J connectivity index is 1.56. The largest absolute Gasteiger partial charge is 0.464 e. The monoisotopic (exact) mass is 464 g/mol. The summed E-state index contributed by atoms with van der Waals surface area (Å²) >= 11 is 6.16. The summed E-state index contributed by atoms with van der Waals surface area (Å²) in [5.74, 6) is 2.10. The van der Waals surface area contributed by atoms with E-state index < -0.39 is 0 Å². The summed E-state index contributed by atoms with van der Waals surface area (Å²) in [5.41, 5.74) is 12.6.